The van der Waals surface area contributed by atoms with Crippen LogP contribution in [0.2, 0.25) is 0 Å². The zero-order valence-electron chi connectivity index (χ0n) is 14.1. The second-order valence-electron chi connectivity index (χ2n) is 5.19. The molecule has 5 nitrogen and oxygen atoms in total. The maximum Gasteiger partial charge on any atom is 0.161 e. The van der Waals surface area contributed by atoms with E-state index in [1.807, 2.05) is 42.6 Å². The van der Waals surface area contributed by atoms with Gasteiger partial charge in [-0.05, 0) is 41.8 Å². The highest BCUT2D eigenvalue weighted by Gasteiger charge is 2.10. The van der Waals surface area contributed by atoms with E-state index in [9.17, 15) is 0 Å². The van der Waals surface area contributed by atoms with Gasteiger partial charge in [0.15, 0.2) is 23.0 Å². The molecule has 0 N–H and O–H groups in total. The summed E-state index contributed by atoms with van der Waals surface area (Å²) in [4.78, 5) is 4.55. The van der Waals surface area contributed by atoms with Gasteiger partial charge in [0, 0.05) is 17.1 Å². The molecule has 0 unspecified atom stereocenters. The number of methoxy groups -OCH3 is 4. The number of aromatic nitrogens is 1. The molecule has 0 spiro atoms. The van der Waals surface area contributed by atoms with Crippen LogP contribution in [0.15, 0.2) is 42.6 Å². The quantitative estimate of drug-likeness (QED) is 0.711. The van der Waals surface area contributed by atoms with E-state index in [2.05, 4.69) is 4.98 Å². The molecule has 0 atom stereocenters. The van der Waals surface area contributed by atoms with Crippen molar-refractivity contribution in [1.29, 1.82) is 0 Å². The summed E-state index contributed by atoms with van der Waals surface area (Å²) in [5.74, 6) is 2.73. The Morgan fingerprint density at radius 2 is 1.21 bits per heavy atom. The molecule has 0 bridgehead atoms. The van der Waals surface area contributed by atoms with Crippen LogP contribution in [-0.4, -0.2) is 33.4 Å². The van der Waals surface area contributed by atoms with Crippen LogP contribution in [-0.2, 0) is 0 Å². The van der Waals surface area contributed by atoms with Gasteiger partial charge < -0.3 is 18.9 Å². The second kappa shape index (κ2) is 6.66. The fourth-order valence-electron chi connectivity index (χ4n) is 2.62. The lowest BCUT2D eigenvalue weighted by atomic mass is 10.1. The molecule has 0 amide bonds. The first-order valence-corrected chi connectivity index (χ1v) is 7.44. The van der Waals surface area contributed by atoms with Crippen molar-refractivity contribution in [3.8, 4) is 34.3 Å². The molecule has 0 saturated carbocycles. The zero-order valence-corrected chi connectivity index (χ0v) is 14.1. The van der Waals surface area contributed by atoms with Crippen molar-refractivity contribution in [2.45, 2.75) is 0 Å². The predicted octanol–water partition coefficient (Wildman–Crippen LogP) is 3.94. The van der Waals surface area contributed by atoms with Crippen LogP contribution in [0.25, 0.3) is 22.0 Å². The van der Waals surface area contributed by atoms with Crippen molar-refractivity contribution in [3.63, 3.8) is 0 Å². The Bertz CT molecular complexity index is 877. The summed E-state index contributed by atoms with van der Waals surface area (Å²) in [6.45, 7) is 0. The number of rotatable bonds is 5. The smallest absolute Gasteiger partial charge is 0.161 e. The molecule has 0 saturated heterocycles. The first-order chi connectivity index (χ1) is 11.7. The number of ether oxygens (including phenoxy) is 4. The Morgan fingerprint density at radius 3 is 1.83 bits per heavy atom. The normalized spacial score (nSPS) is 10.5. The first kappa shape index (κ1) is 15.9. The summed E-state index contributed by atoms with van der Waals surface area (Å²) < 4.78 is 21.3. The molecule has 0 aliphatic rings. The summed E-state index contributed by atoms with van der Waals surface area (Å²) in [5, 5.41) is 2.00. The number of benzene rings is 2. The minimum absolute atomic E-state index is 0.671. The van der Waals surface area contributed by atoms with Gasteiger partial charge in [-0.25, -0.2) is 0 Å². The van der Waals surface area contributed by atoms with Crippen LogP contribution in [0.5, 0.6) is 23.0 Å². The van der Waals surface area contributed by atoms with Gasteiger partial charge in [-0.15, -0.1) is 0 Å². The van der Waals surface area contributed by atoms with Crippen LogP contribution < -0.4 is 18.9 Å². The van der Waals surface area contributed by atoms with E-state index in [-0.39, 0.29) is 0 Å². The topological polar surface area (TPSA) is 49.8 Å². The lowest BCUT2D eigenvalue weighted by molar-refractivity contribution is 0.355. The highest BCUT2D eigenvalue weighted by molar-refractivity contribution is 5.88. The third-order valence-corrected chi connectivity index (χ3v) is 3.90. The number of pyridine rings is 1. The molecule has 2 aromatic carbocycles. The van der Waals surface area contributed by atoms with Crippen molar-refractivity contribution in [3.05, 3.63) is 42.6 Å². The molecule has 1 heterocycles. The van der Waals surface area contributed by atoms with Gasteiger partial charge in [-0.3, -0.25) is 4.98 Å². The van der Waals surface area contributed by atoms with E-state index >= 15 is 0 Å². The number of nitrogens with zero attached hydrogens (tertiary/aromatic N) is 1. The van der Waals surface area contributed by atoms with Gasteiger partial charge in [0.25, 0.3) is 0 Å². The highest BCUT2D eigenvalue weighted by atomic mass is 16.5. The van der Waals surface area contributed by atoms with Crippen molar-refractivity contribution < 1.29 is 18.9 Å². The highest BCUT2D eigenvalue weighted by Crippen LogP contribution is 2.35. The molecule has 3 rings (SSSR count). The van der Waals surface area contributed by atoms with E-state index in [4.69, 9.17) is 18.9 Å². The maximum atomic E-state index is 5.37. The van der Waals surface area contributed by atoms with E-state index in [0.717, 1.165) is 22.0 Å². The van der Waals surface area contributed by atoms with Gasteiger partial charge in [0.2, 0.25) is 0 Å². The molecule has 3 aromatic rings. The van der Waals surface area contributed by atoms with Gasteiger partial charge in [-0.2, -0.15) is 0 Å². The van der Waals surface area contributed by atoms with E-state index < -0.39 is 0 Å². The Balaban J connectivity index is 2.10. The molecular formula is C19H19NO4. The third kappa shape index (κ3) is 2.80. The summed E-state index contributed by atoms with van der Waals surface area (Å²) in [6.07, 6.45) is 1.82. The van der Waals surface area contributed by atoms with Crippen molar-refractivity contribution in [1.82, 2.24) is 4.98 Å². The third-order valence-electron chi connectivity index (χ3n) is 3.90. The molecular weight excluding hydrogens is 306 g/mol. The molecule has 124 valence electrons. The summed E-state index contributed by atoms with van der Waals surface area (Å²) in [5.41, 5.74) is 1.79. The average molecular weight is 325 g/mol. The monoisotopic (exact) mass is 325 g/mol. The molecule has 1 aromatic heterocycles. The van der Waals surface area contributed by atoms with Crippen LogP contribution in [0.3, 0.4) is 0 Å². The van der Waals surface area contributed by atoms with Crippen LogP contribution in [0.1, 0.15) is 0 Å². The van der Waals surface area contributed by atoms with Crippen LogP contribution in [0, 0.1) is 0 Å². The molecule has 0 fully saturated rings. The minimum Gasteiger partial charge on any atom is -0.493 e. The second-order valence-corrected chi connectivity index (χ2v) is 5.19. The molecule has 5 heteroatoms. The van der Waals surface area contributed by atoms with Gasteiger partial charge in [0.05, 0.1) is 34.1 Å². The molecule has 24 heavy (non-hydrogen) atoms. The fraction of sp³-hybridized carbons (Fsp3) is 0.211. The average Bonchev–Trinajstić information content (AvgIpc) is 2.65. The predicted molar refractivity (Wildman–Crippen MR) is 93.4 cm³/mol. The zero-order chi connectivity index (χ0) is 17.1. The summed E-state index contributed by atoms with van der Waals surface area (Å²) in [7, 11) is 6.48. The Kier molecular flexibility index (Phi) is 4.42. The summed E-state index contributed by atoms with van der Waals surface area (Å²) in [6, 6.07) is 11.6. The minimum atomic E-state index is 0.671. The lowest BCUT2D eigenvalue weighted by Gasteiger charge is -2.11. The number of hydrogen-bond donors (Lipinski definition) is 0. The van der Waals surface area contributed by atoms with Gasteiger partial charge in [-0.1, -0.05) is 0 Å². The van der Waals surface area contributed by atoms with Gasteiger partial charge >= 0.3 is 0 Å². The van der Waals surface area contributed by atoms with Crippen molar-refractivity contribution >= 4 is 10.8 Å². The maximum absolute atomic E-state index is 5.37. The lowest BCUT2D eigenvalue weighted by Crippen LogP contribution is -1.93. The van der Waals surface area contributed by atoms with E-state index in [0.29, 0.717) is 23.0 Å². The SMILES string of the molecule is COc1ccc(-c2cc3cc(OC)c(OC)cc3cn2)cc1OC. The van der Waals surface area contributed by atoms with Crippen molar-refractivity contribution in [2.75, 3.05) is 28.4 Å². The van der Waals surface area contributed by atoms with Crippen LogP contribution in [0.4, 0.5) is 0 Å². The Hall–Kier alpha value is -2.95. The van der Waals surface area contributed by atoms with Crippen LogP contribution >= 0.6 is 0 Å². The Labute approximate surface area is 140 Å². The number of fused-ring (bicyclic) bond motifs is 1. The van der Waals surface area contributed by atoms with Crippen molar-refractivity contribution in [2.24, 2.45) is 0 Å². The standard InChI is InChI=1S/C19H19NO4/c1-21-16-6-5-12(8-17(16)22-2)15-7-13-9-18(23-3)19(24-4)10-14(13)11-20-15/h5-11H,1-4H3. The fourth-order valence-corrected chi connectivity index (χ4v) is 2.62. The first-order valence-electron chi connectivity index (χ1n) is 7.44. The van der Waals surface area contributed by atoms with Gasteiger partial charge in [0.1, 0.15) is 0 Å². The molecule has 0 radical (unpaired) electrons. The number of hydrogen-bond acceptors (Lipinski definition) is 5. The van der Waals surface area contributed by atoms with E-state index in [1.54, 1.807) is 28.4 Å². The largest absolute Gasteiger partial charge is 0.493 e. The summed E-state index contributed by atoms with van der Waals surface area (Å²) >= 11 is 0. The Morgan fingerprint density at radius 1 is 0.625 bits per heavy atom. The molecule has 0 aliphatic heterocycles. The van der Waals surface area contributed by atoms with E-state index in [1.165, 1.54) is 0 Å². The molecule has 0 aliphatic carbocycles.